The van der Waals surface area contributed by atoms with Gasteiger partial charge in [-0.1, -0.05) is 36.6 Å². The van der Waals surface area contributed by atoms with E-state index in [-0.39, 0.29) is 12.1 Å². The fourth-order valence-corrected chi connectivity index (χ4v) is 4.67. The molecule has 0 amide bonds. The van der Waals surface area contributed by atoms with Gasteiger partial charge in [-0.3, -0.25) is 9.80 Å². The lowest BCUT2D eigenvalue weighted by Crippen LogP contribution is -2.51. The Morgan fingerprint density at radius 3 is 2.30 bits per heavy atom. The van der Waals surface area contributed by atoms with Gasteiger partial charge in [-0.2, -0.15) is 0 Å². The van der Waals surface area contributed by atoms with Gasteiger partial charge in [0, 0.05) is 37.2 Å². The maximum absolute atomic E-state index is 6.13. The Morgan fingerprint density at radius 2 is 1.67 bits per heavy atom. The van der Waals surface area contributed by atoms with Crippen molar-refractivity contribution in [3.05, 3.63) is 40.7 Å². The summed E-state index contributed by atoms with van der Waals surface area (Å²) < 4.78 is 1.95. The summed E-state index contributed by atoms with van der Waals surface area (Å²) in [5.74, 6) is 0.918. The van der Waals surface area contributed by atoms with Gasteiger partial charge in [-0.25, -0.2) is 4.68 Å². The molecule has 1 saturated carbocycles. The molecular formula is C20H29ClN6. The van der Waals surface area contributed by atoms with E-state index in [2.05, 4.69) is 51.3 Å². The molecule has 7 heteroatoms. The predicted octanol–water partition coefficient (Wildman–Crippen LogP) is 3.56. The van der Waals surface area contributed by atoms with Crippen LogP contribution in [0.2, 0.25) is 5.02 Å². The van der Waals surface area contributed by atoms with Crippen molar-refractivity contribution in [2.45, 2.75) is 57.7 Å². The molecule has 4 rings (SSSR count). The molecule has 2 aromatic rings. The second-order valence-corrected chi connectivity index (χ2v) is 8.48. The lowest BCUT2D eigenvalue weighted by Gasteiger charge is -2.41. The van der Waals surface area contributed by atoms with Gasteiger partial charge < -0.3 is 0 Å². The summed E-state index contributed by atoms with van der Waals surface area (Å²) in [7, 11) is 0. The highest BCUT2D eigenvalue weighted by Crippen LogP contribution is 2.31. The van der Waals surface area contributed by atoms with Crippen LogP contribution in [0.25, 0.3) is 0 Å². The van der Waals surface area contributed by atoms with Crippen LogP contribution in [-0.2, 0) is 0 Å². The fraction of sp³-hybridized carbons (Fsp3) is 0.650. The molecule has 2 aliphatic rings. The Labute approximate surface area is 166 Å². The molecule has 6 nitrogen and oxygen atoms in total. The highest BCUT2D eigenvalue weighted by atomic mass is 35.5. The summed E-state index contributed by atoms with van der Waals surface area (Å²) in [6.45, 7) is 8.56. The summed E-state index contributed by atoms with van der Waals surface area (Å²) in [6, 6.07) is 9.22. The van der Waals surface area contributed by atoms with E-state index in [4.69, 9.17) is 11.6 Å². The Hall–Kier alpha value is -1.50. The molecule has 1 aromatic heterocycles. The third kappa shape index (κ3) is 4.03. The summed E-state index contributed by atoms with van der Waals surface area (Å²) in [6.07, 6.45) is 5.52. The molecule has 1 aliphatic heterocycles. The SMILES string of the molecule is CC(C)n1nnnc1C(c1ccc(Cl)cc1)N1CCN(C2CCCC2)CC1. The lowest BCUT2D eigenvalue weighted by molar-refractivity contribution is 0.0767. The number of benzene rings is 1. The molecule has 0 bridgehead atoms. The van der Waals surface area contributed by atoms with Crippen LogP contribution >= 0.6 is 11.6 Å². The topological polar surface area (TPSA) is 50.1 Å². The second kappa shape index (κ2) is 8.25. The van der Waals surface area contributed by atoms with Crippen molar-refractivity contribution in [2.24, 2.45) is 0 Å². The van der Waals surface area contributed by atoms with Gasteiger partial charge >= 0.3 is 0 Å². The van der Waals surface area contributed by atoms with Crippen LogP contribution in [-0.4, -0.2) is 62.2 Å². The normalized spacial score (nSPS) is 21.2. The Bertz CT molecular complexity index is 729. The number of nitrogens with zero attached hydrogens (tertiary/aromatic N) is 6. The quantitative estimate of drug-likeness (QED) is 0.783. The number of hydrogen-bond donors (Lipinski definition) is 0. The molecule has 146 valence electrons. The van der Waals surface area contributed by atoms with Gasteiger partial charge in [0.1, 0.15) is 0 Å². The first-order valence-electron chi connectivity index (χ1n) is 10.1. The summed E-state index contributed by atoms with van der Waals surface area (Å²) in [5, 5.41) is 13.4. The van der Waals surface area contributed by atoms with Crippen LogP contribution in [0.5, 0.6) is 0 Å². The second-order valence-electron chi connectivity index (χ2n) is 8.04. The molecule has 0 radical (unpaired) electrons. The van der Waals surface area contributed by atoms with Crippen LogP contribution in [0.4, 0.5) is 0 Å². The minimum absolute atomic E-state index is 0.0606. The summed E-state index contributed by atoms with van der Waals surface area (Å²) in [5.41, 5.74) is 1.20. The van der Waals surface area contributed by atoms with Crippen LogP contribution in [0.15, 0.2) is 24.3 Å². The molecule has 1 aromatic carbocycles. The van der Waals surface area contributed by atoms with Crippen molar-refractivity contribution in [1.29, 1.82) is 0 Å². The van der Waals surface area contributed by atoms with E-state index in [0.29, 0.717) is 0 Å². The molecule has 0 spiro atoms. The van der Waals surface area contributed by atoms with Crippen molar-refractivity contribution in [3.8, 4) is 0 Å². The molecule has 2 heterocycles. The van der Waals surface area contributed by atoms with Crippen molar-refractivity contribution < 1.29 is 0 Å². The molecule has 1 unspecified atom stereocenters. The maximum Gasteiger partial charge on any atom is 0.173 e. The molecule has 1 aliphatic carbocycles. The van der Waals surface area contributed by atoms with Crippen LogP contribution in [0.1, 0.15) is 63.0 Å². The average Bonchev–Trinajstić information content (AvgIpc) is 3.36. The Kier molecular flexibility index (Phi) is 5.76. The van der Waals surface area contributed by atoms with Crippen LogP contribution in [0.3, 0.4) is 0 Å². The summed E-state index contributed by atoms with van der Waals surface area (Å²) >= 11 is 6.13. The van der Waals surface area contributed by atoms with Gasteiger partial charge in [0.15, 0.2) is 5.82 Å². The zero-order chi connectivity index (χ0) is 18.8. The number of aromatic nitrogens is 4. The monoisotopic (exact) mass is 388 g/mol. The summed E-state index contributed by atoms with van der Waals surface area (Å²) in [4.78, 5) is 5.22. The highest BCUT2D eigenvalue weighted by Gasteiger charge is 2.33. The van der Waals surface area contributed by atoms with Gasteiger partial charge in [0.25, 0.3) is 0 Å². The first-order chi connectivity index (χ1) is 13.1. The molecule has 27 heavy (non-hydrogen) atoms. The number of rotatable bonds is 5. The first-order valence-corrected chi connectivity index (χ1v) is 10.5. The zero-order valence-electron chi connectivity index (χ0n) is 16.3. The number of tetrazole rings is 1. The van der Waals surface area contributed by atoms with Crippen molar-refractivity contribution in [2.75, 3.05) is 26.2 Å². The van der Waals surface area contributed by atoms with Crippen LogP contribution in [0, 0.1) is 0 Å². The minimum Gasteiger partial charge on any atom is -0.298 e. The highest BCUT2D eigenvalue weighted by molar-refractivity contribution is 6.30. The van der Waals surface area contributed by atoms with Crippen molar-refractivity contribution >= 4 is 11.6 Å². The van der Waals surface area contributed by atoms with E-state index in [1.54, 1.807) is 0 Å². The third-order valence-corrected chi connectivity index (χ3v) is 6.24. The number of halogens is 1. The van der Waals surface area contributed by atoms with Gasteiger partial charge in [-0.15, -0.1) is 5.10 Å². The molecule has 1 saturated heterocycles. The Balaban J connectivity index is 1.58. The molecule has 0 N–H and O–H groups in total. The molecule has 1 atom stereocenters. The standard InChI is InChI=1S/C20H29ClN6/c1-15(2)27-20(22-23-24-27)19(16-7-9-17(21)10-8-16)26-13-11-25(12-14-26)18-5-3-4-6-18/h7-10,15,18-19H,3-6,11-14H2,1-2H3. The fourth-order valence-electron chi connectivity index (χ4n) is 4.55. The zero-order valence-corrected chi connectivity index (χ0v) is 17.0. The van der Waals surface area contributed by atoms with Gasteiger partial charge in [0.2, 0.25) is 0 Å². The van der Waals surface area contributed by atoms with E-state index < -0.39 is 0 Å². The van der Waals surface area contributed by atoms with E-state index >= 15 is 0 Å². The maximum atomic E-state index is 6.13. The minimum atomic E-state index is 0.0606. The largest absolute Gasteiger partial charge is 0.298 e. The smallest absolute Gasteiger partial charge is 0.173 e. The van der Waals surface area contributed by atoms with E-state index in [1.807, 2.05) is 16.8 Å². The molecular weight excluding hydrogens is 360 g/mol. The lowest BCUT2D eigenvalue weighted by atomic mass is 10.0. The van der Waals surface area contributed by atoms with E-state index in [9.17, 15) is 0 Å². The average molecular weight is 389 g/mol. The Morgan fingerprint density at radius 1 is 1.00 bits per heavy atom. The van der Waals surface area contributed by atoms with Gasteiger partial charge in [0.05, 0.1) is 12.1 Å². The predicted molar refractivity (Wildman–Crippen MR) is 107 cm³/mol. The number of hydrogen-bond acceptors (Lipinski definition) is 5. The van der Waals surface area contributed by atoms with Gasteiger partial charge in [-0.05, 0) is 54.8 Å². The van der Waals surface area contributed by atoms with E-state index in [0.717, 1.165) is 43.1 Å². The molecule has 2 fully saturated rings. The first kappa shape index (κ1) is 18.8. The van der Waals surface area contributed by atoms with Crippen molar-refractivity contribution in [3.63, 3.8) is 0 Å². The van der Waals surface area contributed by atoms with Crippen molar-refractivity contribution in [1.82, 2.24) is 30.0 Å². The van der Waals surface area contributed by atoms with E-state index in [1.165, 1.54) is 31.2 Å². The third-order valence-electron chi connectivity index (χ3n) is 5.99. The number of piperazine rings is 1. The van der Waals surface area contributed by atoms with Crippen LogP contribution < -0.4 is 0 Å².